The standard InChI is InChI=1S/C18H18Cl2N2O3/c1-24-16-5-4-12(19)9-14(16)18(23)22-8-2-3-13(11-22)25-17-6-7-21-10-15(17)20/h4-7,9-10,13H,2-3,8,11H2,1H3. The SMILES string of the molecule is COc1ccc(Cl)cc1C(=O)N1CCCC(Oc2ccncc2Cl)C1. The number of amides is 1. The fraction of sp³-hybridized carbons (Fsp3) is 0.333. The molecule has 1 aromatic carbocycles. The van der Waals surface area contributed by atoms with Gasteiger partial charge in [0.2, 0.25) is 0 Å². The third kappa shape index (κ3) is 4.17. The highest BCUT2D eigenvalue weighted by molar-refractivity contribution is 6.32. The zero-order valence-electron chi connectivity index (χ0n) is 13.7. The third-order valence-electron chi connectivity index (χ3n) is 4.09. The van der Waals surface area contributed by atoms with E-state index in [0.29, 0.717) is 40.2 Å². The number of hydrogen-bond donors (Lipinski definition) is 0. The molecule has 1 amide bonds. The molecule has 1 fully saturated rings. The van der Waals surface area contributed by atoms with E-state index in [4.69, 9.17) is 32.7 Å². The molecule has 0 radical (unpaired) electrons. The molecule has 1 saturated heterocycles. The van der Waals surface area contributed by atoms with Crippen molar-refractivity contribution < 1.29 is 14.3 Å². The van der Waals surface area contributed by atoms with Crippen molar-refractivity contribution in [1.29, 1.82) is 0 Å². The number of aromatic nitrogens is 1. The van der Waals surface area contributed by atoms with E-state index in [2.05, 4.69) is 4.98 Å². The van der Waals surface area contributed by atoms with Gasteiger partial charge < -0.3 is 14.4 Å². The number of benzene rings is 1. The molecule has 7 heteroatoms. The van der Waals surface area contributed by atoms with Gasteiger partial charge in [-0.05, 0) is 31.0 Å². The van der Waals surface area contributed by atoms with Crippen LogP contribution in [-0.2, 0) is 0 Å². The average molecular weight is 381 g/mol. The molecular formula is C18H18Cl2N2O3. The summed E-state index contributed by atoms with van der Waals surface area (Å²) >= 11 is 12.1. The molecule has 0 bridgehead atoms. The lowest BCUT2D eigenvalue weighted by Crippen LogP contribution is -2.44. The number of piperidine rings is 1. The molecule has 0 spiro atoms. The van der Waals surface area contributed by atoms with Crippen molar-refractivity contribution in [2.75, 3.05) is 20.2 Å². The predicted octanol–water partition coefficient (Wildman–Crippen LogP) is 4.08. The summed E-state index contributed by atoms with van der Waals surface area (Å²) in [5.41, 5.74) is 0.456. The molecule has 2 heterocycles. The number of pyridine rings is 1. The molecule has 2 aromatic rings. The molecule has 1 aliphatic rings. The maximum Gasteiger partial charge on any atom is 0.257 e. The first-order chi connectivity index (χ1) is 12.1. The number of methoxy groups -OCH3 is 1. The number of rotatable bonds is 4. The summed E-state index contributed by atoms with van der Waals surface area (Å²) in [6, 6.07) is 6.75. The maximum absolute atomic E-state index is 12.9. The Morgan fingerprint density at radius 1 is 1.28 bits per heavy atom. The Hall–Kier alpha value is -1.98. The van der Waals surface area contributed by atoms with Crippen LogP contribution in [-0.4, -0.2) is 42.1 Å². The van der Waals surface area contributed by atoms with Crippen LogP contribution in [0, 0.1) is 0 Å². The first kappa shape index (κ1) is 17.8. The van der Waals surface area contributed by atoms with Crippen molar-refractivity contribution in [3.8, 4) is 11.5 Å². The minimum absolute atomic E-state index is 0.117. The smallest absolute Gasteiger partial charge is 0.257 e. The van der Waals surface area contributed by atoms with Crippen LogP contribution >= 0.6 is 23.2 Å². The van der Waals surface area contributed by atoms with Crippen molar-refractivity contribution in [2.45, 2.75) is 18.9 Å². The minimum atomic E-state index is -0.122. The highest BCUT2D eigenvalue weighted by atomic mass is 35.5. The van der Waals surface area contributed by atoms with Crippen molar-refractivity contribution >= 4 is 29.1 Å². The van der Waals surface area contributed by atoms with Crippen molar-refractivity contribution in [3.05, 3.63) is 52.3 Å². The highest BCUT2D eigenvalue weighted by Gasteiger charge is 2.27. The molecule has 3 rings (SSSR count). The lowest BCUT2D eigenvalue weighted by Gasteiger charge is -2.33. The largest absolute Gasteiger partial charge is 0.496 e. The van der Waals surface area contributed by atoms with Gasteiger partial charge in [-0.15, -0.1) is 0 Å². The normalized spacial score (nSPS) is 17.2. The summed E-state index contributed by atoms with van der Waals surface area (Å²) in [4.78, 5) is 18.6. The van der Waals surface area contributed by atoms with Crippen LogP contribution in [0.4, 0.5) is 0 Å². The van der Waals surface area contributed by atoms with Gasteiger partial charge >= 0.3 is 0 Å². The molecule has 5 nitrogen and oxygen atoms in total. The highest BCUT2D eigenvalue weighted by Crippen LogP contribution is 2.28. The number of carbonyl (C=O) groups excluding carboxylic acids is 1. The van der Waals surface area contributed by atoms with Crippen LogP contribution in [0.2, 0.25) is 10.0 Å². The first-order valence-corrected chi connectivity index (χ1v) is 8.73. The molecule has 0 aliphatic carbocycles. The Kier molecular flexibility index (Phi) is 5.66. The fourth-order valence-corrected chi connectivity index (χ4v) is 3.21. The van der Waals surface area contributed by atoms with Crippen molar-refractivity contribution in [1.82, 2.24) is 9.88 Å². The van der Waals surface area contributed by atoms with Gasteiger partial charge in [-0.25, -0.2) is 0 Å². The van der Waals surface area contributed by atoms with Gasteiger partial charge in [0.25, 0.3) is 5.91 Å². The summed E-state index contributed by atoms with van der Waals surface area (Å²) in [6.07, 6.45) is 4.75. The van der Waals surface area contributed by atoms with Gasteiger partial charge in [-0.2, -0.15) is 0 Å². The second-order valence-electron chi connectivity index (χ2n) is 5.78. The molecular weight excluding hydrogens is 363 g/mol. The molecule has 25 heavy (non-hydrogen) atoms. The van der Waals surface area contributed by atoms with E-state index in [-0.39, 0.29) is 12.0 Å². The lowest BCUT2D eigenvalue weighted by molar-refractivity contribution is 0.0535. The minimum Gasteiger partial charge on any atom is -0.496 e. The third-order valence-corrected chi connectivity index (χ3v) is 4.61. The lowest BCUT2D eigenvalue weighted by atomic mass is 10.1. The molecule has 1 atom stereocenters. The van der Waals surface area contributed by atoms with E-state index in [1.165, 1.54) is 7.11 Å². The van der Waals surface area contributed by atoms with Crippen molar-refractivity contribution in [2.24, 2.45) is 0 Å². The van der Waals surface area contributed by atoms with Crippen LogP contribution in [0.15, 0.2) is 36.7 Å². The van der Waals surface area contributed by atoms with Crippen LogP contribution in [0.3, 0.4) is 0 Å². The number of nitrogens with zero attached hydrogens (tertiary/aromatic N) is 2. The number of hydrogen-bond acceptors (Lipinski definition) is 4. The maximum atomic E-state index is 12.9. The number of ether oxygens (including phenoxy) is 2. The monoisotopic (exact) mass is 380 g/mol. The van der Waals surface area contributed by atoms with Gasteiger partial charge in [0.15, 0.2) is 0 Å². The molecule has 1 aromatic heterocycles. The van der Waals surface area contributed by atoms with Crippen molar-refractivity contribution in [3.63, 3.8) is 0 Å². The summed E-state index contributed by atoms with van der Waals surface area (Å²) < 4.78 is 11.2. The van der Waals surface area contributed by atoms with Crippen LogP contribution < -0.4 is 9.47 Å². The average Bonchev–Trinajstić information content (AvgIpc) is 2.63. The summed E-state index contributed by atoms with van der Waals surface area (Å²) in [5.74, 6) is 0.972. The Bertz CT molecular complexity index is 770. The van der Waals surface area contributed by atoms with Gasteiger partial charge in [0.05, 0.1) is 19.2 Å². The fourth-order valence-electron chi connectivity index (χ4n) is 2.87. The second kappa shape index (κ2) is 7.93. The van der Waals surface area contributed by atoms with E-state index < -0.39 is 0 Å². The summed E-state index contributed by atoms with van der Waals surface area (Å²) in [7, 11) is 1.54. The zero-order valence-corrected chi connectivity index (χ0v) is 15.3. The molecule has 1 aliphatic heterocycles. The van der Waals surface area contributed by atoms with E-state index in [0.717, 1.165) is 12.8 Å². The molecule has 0 saturated carbocycles. The number of carbonyl (C=O) groups is 1. The van der Waals surface area contributed by atoms with Gasteiger partial charge in [-0.3, -0.25) is 9.78 Å². The van der Waals surface area contributed by atoms with E-state index in [1.807, 2.05) is 0 Å². The predicted molar refractivity (Wildman–Crippen MR) is 96.8 cm³/mol. The molecule has 132 valence electrons. The van der Waals surface area contributed by atoms with Crippen LogP contribution in [0.5, 0.6) is 11.5 Å². The topological polar surface area (TPSA) is 51.7 Å². The van der Waals surface area contributed by atoms with Gasteiger partial charge in [0.1, 0.15) is 22.6 Å². The molecule has 1 unspecified atom stereocenters. The van der Waals surface area contributed by atoms with E-state index in [1.54, 1.807) is 41.6 Å². The van der Waals surface area contributed by atoms with Crippen LogP contribution in [0.1, 0.15) is 23.2 Å². The Balaban J connectivity index is 1.74. The number of likely N-dealkylation sites (tertiary alicyclic amines) is 1. The summed E-state index contributed by atoms with van der Waals surface area (Å²) in [6.45, 7) is 1.14. The summed E-state index contributed by atoms with van der Waals surface area (Å²) in [5, 5.41) is 0.958. The molecule has 0 N–H and O–H groups in total. The van der Waals surface area contributed by atoms with Crippen LogP contribution in [0.25, 0.3) is 0 Å². The second-order valence-corrected chi connectivity index (χ2v) is 6.63. The zero-order chi connectivity index (χ0) is 17.8. The Morgan fingerprint density at radius 3 is 2.88 bits per heavy atom. The van der Waals surface area contributed by atoms with Gasteiger partial charge in [-0.1, -0.05) is 23.2 Å². The van der Waals surface area contributed by atoms with E-state index in [9.17, 15) is 4.79 Å². The quantitative estimate of drug-likeness (QED) is 0.801. The number of halogens is 2. The van der Waals surface area contributed by atoms with E-state index >= 15 is 0 Å². The van der Waals surface area contributed by atoms with Gasteiger partial charge in [0, 0.05) is 30.0 Å². The Labute approximate surface area is 156 Å². The first-order valence-electron chi connectivity index (χ1n) is 7.97. The Morgan fingerprint density at radius 2 is 2.12 bits per heavy atom.